The van der Waals surface area contributed by atoms with Crippen LogP contribution >= 0.6 is 11.3 Å². The second-order valence-corrected chi connectivity index (χ2v) is 11.1. The fourth-order valence-electron chi connectivity index (χ4n) is 6.14. The van der Waals surface area contributed by atoms with Crippen LogP contribution in [0.15, 0.2) is 30.3 Å². The van der Waals surface area contributed by atoms with E-state index in [9.17, 15) is 4.79 Å². The van der Waals surface area contributed by atoms with Gasteiger partial charge in [-0.15, -0.1) is 11.3 Å². The van der Waals surface area contributed by atoms with Gasteiger partial charge in [-0.25, -0.2) is 4.98 Å². The van der Waals surface area contributed by atoms with Gasteiger partial charge in [-0.3, -0.25) is 9.69 Å². The second kappa shape index (κ2) is 8.54. The smallest absolute Gasteiger partial charge is 0.263 e. The Morgan fingerprint density at radius 1 is 1.26 bits per heavy atom. The van der Waals surface area contributed by atoms with E-state index in [2.05, 4.69) is 40.3 Å². The number of nitrogens with two attached hydrogens (primary N) is 1. The molecule has 1 amide bonds. The van der Waals surface area contributed by atoms with Crippen molar-refractivity contribution in [3.63, 3.8) is 0 Å². The van der Waals surface area contributed by atoms with Crippen LogP contribution in [0.25, 0.3) is 10.2 Å². The zero-order valence-electron chi connectivity index (χ0n) is 19.8. The zero-order chi connectivity index (χ0) is 23.4. The van der Waals surface area contributed by atoms with Gasteiger partial charge in [0.1, 0.15) is 22.1 Å². The summed E-state index contributed by atoms with van der Waals surface area (Å²) in [6.45, 7) is 4.73. The number of rotatable bonds is 5. The summed E-state index contributed by atoms with van der Waals surface area (Å²) in [5.74, 6) is 0.816. The maximum absolute atomic E-state index is 13.0. The van der Waals surface area contributed by atoms with Crippen molar-refractivity contribution >= 4 is 33.1 Å². The fourth-order valence-corrected chi connectivity index (χ4v) is 7.18. The predicted molar refractivity (Wildman–Crippen MR) is 137 cm³/mol. The van der Waals surface area contributed by atoms with Gasteiger partial charge in [0.05, 0.1) is 11.7 Å². The number of aryl methyl sites for hydroxylation is 1. The number of aromatic nitrogens is 1. The number of hydrogen-bond acceptors (Lipinski definition) is 6. The Balaban J connectivity index is 1.11. The number of anilines is 1. The summed E-state index contributed by atoms with van der Waals surface area (Å²) in [4.78, 5) is 21.6. The molecule has 0 radical (unpaired) electrons. The molecule has 3 aliphatic heterocycles. The number of benzene rings is 1. The molecule has 4 atom stereocenters. The Morgan fingerprint density at radius 3 is 3.00 bits per heavy atom. The standard InChI is InChI=1S/C27H32N4O2S/c1-3-19-7-8-20-13-21(31(19)20)10-16-5-6-17-12-18(14-33-23(17)11-16)30-26(32)25-24(28)22-9-4-15(2)29-27(22)34-25/h4-6,9,11,18-21H,3,7-8,10,12-14,28H2,1-2H3,(H,30,32)/t18-,19?,20?,21?/m0/s1. The molecular formula is C27H32N4O2S. The molecule has 0 bridgehead atoms. The van der Waals surface area contributed by atoms with Crippen molar-refractivity contribution in [1.29, 1.82) is 0 Å². The zero-order valence-corrected chi connectivity index (χ0v) is 20.7. The number of hydrogen-bond donors (Lipinski definition) is 2. The molecule has 2 saturated heterocycles. The lowest BCUT2D eigenvalue weighted by molar-refractivity contribution is 0.0175. The SMILES string of the molecule is CCC1CCC2CC(Cc3ccc4c(c3)OC[C@@H](NC(=O)c3sc5nc(C)ccc5c3N)C4)N12. The van der Waals surface area contributed by atoms with Crippen LogP contribution in [-0.2, 0) is 12.8 Å². The minimum absolute atomic E-state index is 0.0764. The number of amides is 1. The summed E-state index contributed by atoms with van der Waals surface area (Å²) >= 11 is 1.35. The summed E-state index contributed by atoms with van der Waals surface area (Å²) in [6, 6.07) is 12.7. The maximum atomic E-state index is 13.0. The average Bonchev–Trinajstić information content (AvgIpc) is 3.33. The van der Waals surface area contributed by atoms with Crippen LogP contribution in [0.1, 0.15) is 59.1 Å². The van der Waals surface area contributed by atoms with E-state index in [-0.39, 0.29) is 11.9 Å². The molecule has 3 aromatic rings. The summed E-state index contributed by atoms with van der Waals surface area (Å²) < 4.78 is 6.11. The van der Waals surface area contributed by atoms with Crippen molar-refractivity contribution in [3.8, 4) is 5.75 Å². The number of carbonyl (C=O) groups excluding carboxylic acids is 1. The number of carbonyl (C=O) groups is 1. The van der Waals surface area contributed by atoms with Crippen molar-refractivity contribution in [1.82, 2.24) is 15.2 Å². The lowest BCUT2D eigenvalue weighted by Gasteiger charge is -2.48. The van der Waals surface area contributed by atoms with E-state index in [1.54, 1.807) is 0 Å². The molecule has 1 aromatic carbocycles. The minimum Gasteiger partial charge on any atom is -0.491 e. The normalized spacial score (nSPS) is 25.9. The van der Waals surface area contributed by atoms with Gasteiger partial charge in [0, 0.05) is 29.2 Å². The second-order valence-electron chi connectivity index (χ2n) is 10.1. The molecule has 6 rings (SSSR count). The number of pyridine rings is 1. The molecule has 0 saturated carbocycles. The Kier molecular flexibility index (Phi) is 5.49. The van der Waals surface area contributed by atoms with E-state index in [0.29, 0.717) is 23.2 Å². The van der Waals surface area contributed by atoms with Gasteiger partial charge in [0.25, 0.3) is 5.91 Å². The number of nitrogen functional groups attached to an aromatic ring is 1. The highest BCUT2D eigenvalue weighted by Crippen LogP contribution is 2.42. The Labute approximate surface area is 204 Å². The van der Waals surface area contributed by atoms with E-state index >= 15 is 0 Å². The molecule has 3 aliphatic rings. The van der Waals surface area contributed by atoms with Crippen LogP contribution in [0.2, 0.25) is 0 Å². The van der Waals surface area contributed by atoms with Crippen LogP contribution < -0.4 is 15.8 Å². The number of nitrogens with zero attached hydrogens (tertiary/aromatic N) is 2. The Bertz CT molecular complexity index is 1250. The number of ether oxygens (including phenoxy) is 1. The third-order valence-corrected chi connectivity index (χ3v) is 9.01. The first-order valence-electron chi connectivity index (χ1n) is 12.5. The van der Waals surface area contributed by atoms with Crippen LogP contribution in [0.5, 0.6) is 5.75 Å². The highest BCUT2D eigenvalue weighted by molar-refractivity contribution is 7.21. The molecular weight excluding hydrogens is 444 g/mol. The highest BCUT2D eigenvalue weighted by atomic mass is 32.1. The Hall–Kier alpha value is -2.64. The minimum atomic E-state index is -0.151. The van der Waals surface area contributed by atoms with Crippen molar-refractivity contribution in [2.24, 2.45) is 0 Å². The average molecular weight is 477 g/mol. The molecule has 0 spiro atoms. The molecule has 34 heavy (non-hydrogen) atoms. The molecule has 3 N–H and O–H groups in total. The molecule has 3 unspecified atom stereocenters. The van der Waals surface area contributed by atoms with Gasteiger partial charge in [0.15, 0.2) is 0 Å². The number of fused-ring (bicyclic) bond motifs is 3. The molecule has 5 heterocycles. The predicted octanol–water partition coefficient (Wildman–Crippen LogP) is 4.48. The molecule has 2 fully saturated rings. The summed E-state index contributed by atoms with van der Waals surface area (Å²) in [5.41, 5.74) is 10.2. The van der Waals surface area contributed by atoms with E-state index in [1.807, 2.05) is 19.1 Å². The highest BCUT2D eigenvalue weighted by Gasteiger charge is 2.45. The van der Waals surface area contributed by atoms with E-state index in [1.165, 1.54) is 42.6 Å². The summed E-state index contributed by atoms with van der Waals surface area (Å²) in [6.07, 6.45) is 7.19. The topological polar surface area (TPSA) is 80.5 Å². The first kappa shape index (κ1) is 21.9. The quantitative estimate of drug-likeness (QED) is 0.568. The van der Waals surface area contributed by atoms with Gasteiger partial charge in [-0.1, -0.05) is 19.1 Å². The Morgan fingerprint density at radius 2 is 2.15 bits per heavy atom. The fraction of sp³-hybridized carbons (Fsp3) is 0.481. The number of thiophene rings is 1. The van der Waals surface area contributed by atoms with E-state index in [4.69, 9.17) is 10.5 Å². The van der Waals surface area contributed by atoms with Gasteiger partial charge < -0.3 is 15.8 Å². The van der Waals surface area contributed by atoms with Crippen LogP contribution in [0.4, 0.5) is 5.69 Å². The van der Waals surface area contributed by atoms with Crippen LogP contribution in [0.3, 0.4) is 0 Å². The van der Waals surface area contributed by atoms with Gasteiger partial charge in [0.2, 0.25) is 0 Å². The summed E-state index contributed by atoms with van der Waals surface area (Å²) in [5, 5.41) is 3.97. The van der Waals surface area contributed by atoms with E-state index in [0.717, 1.165) is 52.1 Å². The molecule has 0 aliphatic carbocycles. The van der Waals surface area contributed by atoms with Crippen molar-refractivity contribution in [3.05, 3.63) is 52.0 Å². The van der Waals surface area contributed by atoms with Crippen LogP contribution in [-0.4, -0.2) is 46.6 Å². The first-order chi connectivity index (χ1) is 16.5. The van der Waals surface area contributed by atoms with Gasteiger partial charge in [-0.2, -0.15) is 0 Å². The molecule has 6 nitrogen and oxygen atoms in total. The third kappa shape index (κ3) is 3.75. The van der Waals surface area contributed by atoms with Crippen molar-refractivity contribution in [2.75, 3.05) is 12.3 Å². The lowest BCUT2D eigenvalue weighted by atomic mass is 9.88. The van der Waals surface area contributed by atoms with Gasteiger partial charge in [-0.05, 0) is 74.8 Å². The monoisotopic (exact) mass is 476 g/mol. The van der Waals surface area contributed by atoms with Crippen molar-refractivity contribution in [2.45, 2.75) is 76.5 Å². The van der Waals surface area contributed by atoms with Crippen molar-refractivity contribution < 1.29 is 9.53 Å². The maximum Gasteiger partial charge on any atom is 0.263 e. The molecule has 7 heteroatoms. The molecule has 178 valence electrons. The lowest BCUT2D eigenvalue weighted by Crippen LogP contribution is -2.56. The first-order valence-corrected chi connectivity index (χ1v) is 13.3. The van der Waals surface area contributed by atoms with Gasteiger partial charge >= 0.3 is 0 Å². The largest absolute Gasteiger partial charge is 0.491 e. The summed E-state index contributed by atoms with van der Waals surface area (Å²) in [7, 11) is 0. The molecule has 2 aromatic heterocycles. The third-order valence-electron chi connectivity index (χ3n) is 7.90. The number of nitrogens with one attached hydrogen (secondary N) is 1. The van der Waals surface area contributed by atoms with E-state index < -0.39 is 0 Å². The van der Waals surface area contributed by atoms with Crippen LogP contribution in [0, 0.1) is 6.92 Å².